The molecule has 2 aromatic carbocycles. The van der Waals surface area contributed by atoms with Crippen molar-refractivity contribution in [3.8, 4) is 17.2 Å². The van der Waals surface area contributed by atoms with Crippen molar-refractivity contribution >= 4 is 17.5 Å². The van der Waals surface area contributed by atoms with Gasteiger partial charge in [0.2, 0.25) is 18.6 Å². The number of anilines is 1. The molecular formula is C22H24N2O5. The van der Waals surface area contributed by atoms with Crippen LogP contribution in [0.2, 0.25) is 0 Å². The van der Waals surface area contributed by atoms with Crippen molar-refractivity contribution in [1.82, 2.24) is 5.32 Å². The molecular weight excluding hydrogens is 372 g/mol. The van der Waals surface area contributed by atoms with Crippen LogP contribution in [-0.4, -0.2) is 38.3 Å². The molecule has 7 heteroatoms. The fraction of sp³-hybridized carbons (Fsp3) is 0.364. The second-order valence-electron chi connectivity index (χ2n) is 7.30. The summed E-state index contributed by atoms with van der Waals surface area (Å²) in [5.41, 5.74) is 2.85. The number of hydrogen-bond acceptors (Lipinski definition) is 5. The number of rotatable bonds is 6. The van der Waals surface area contributed by atoms with E-state index >= 15 is 0 Å². The summed E-state index contributed by atoms with van der Waals surface area (Å²) in [5, 5.41) is 2.88. The van der Waals surface area contributed by atoms with Crippen molar-refractivity contribution in [2.75, 3.05) is 31.4 Å². The molecule has 1 unspecified atom stereocenters. The molecule has 29 heavy (non-hydrogen) atoms. The van der Waals surface area contributed by atoms with Gasteiger partial charge in [0, 0.05) is 24.7 Å². The van der Waals surface area contributed by atoms with Crippen LogP contribution < -0.4 is 24.4 Å². The van der Waals surface area contributed by atoms with E-state index in [9.17, 15) is 9.59 Å². The lowest BCUT2D eigenvalue weighted by Crippen LogP contribution is -2.35. The molecule has 1 fully saturated rings. The molecule has 0 saturated carbocycles. The monoisotopic (exact) mass is 396 g/mol. The third-order valence-electron chi connectivity index (χ3n) is 5.22. The van der Waals surface area contributed by atoms with E-state index in [-0.39, 0.29) is 30.9 Å². The molecule has 2 heterocycles. The Balaban J connectivity index is 1.29. The highest BCUT2D eigenvalue weighted by atomic mass is 16.7. The van der Waals surface area contributed by atoms with Gasteiger partial charge in [0.1, 0.15) is 12.4 Å². The molecule has 1 N–H and O–H groups in total. The number of aryl methyl sites for hydroxylation is 2. The molecule has 0 spiro atoms. The Morgan fingerprint density at radius 1 is 1.17 bits per heavy atom. The van der Waals surface area contributed by atoms with Gasteiger partial charge in [-0.1, -0.05) is 18.2 Å². The first-order valence-corrected chi connectivity index (χ1v) is 9.69. The summed E-state index contributed by atoms with van der Waals surface area (Å²) in [7, 11) is 0. The van der Waals surface area contributed by atoms with Crippen LogP contribution in [-0.2, 0) is 9.59 Å². The number of amides is 2. The lowest BCUT2D eigenvalue weighted by atomic mass is 10.1. The normalized spacial score (nSPS) is 17.5. The van der Waals surface area contributed by atoms with Crippen LogP contribution in [0.1, 0.15) is 17.5 Å². The Bertz CT molecular complexity index is 923. The summed E-state index contributed by atoms with van der Waals surface area (Å²) >= 11 is 0. The zero-order valence-electron chi connectivity index (χ0n) is 16.6. The topological polar surface area (TPSA) is 77.1 Å². The Labute approximate surface area is 169 Å². The fourth-order valence-electron chi connectivity index (χ4n) is 3.68. The minimum Gasteiger partial charge on any atom is -0.491 e. The van der Waals surface area contributed by atoms with Crippen molar-refractivity contribution in [1.29, 1.82) is 0 Å². The molecule has 2 aliphatic heterocycles. The number of carbonyl (C=O) groups is 2. The largest absolute Gasteiger partial charge is 0.491 e. The molecule has 2 aliphatic rings. The van der Waals surface area contributed by atoms with E-state index in [1.165, 1.54) is 0 Å². The number of nitrogens with zero attached hydrogens (tertiary/aromatic N) is 1. The number of benzene rings is 2. The highest BCUT2D eigenvalue weighted by molar-refractivity contribution is 6.00. The summed E-state index contributed by atoms with van der Waals surface area (Å²) in [4.78, 5) is 26.6. The van der Waals surface area contributed by atoms with Gasteiger partial charge in [0.05, 0.1) is 12.5 Å². The lowest BCUT2D eigenvalue weighted by molar-refractivity contribution is -0.126. The molecule has 4 rings (SSSR count). The number of hydrogen-bond donors (Lipinski definition) is 1. The van der Waals surface area contributed by atoms with Crippen LogP contribution in [0.5, 0.6) is 17.2 Å². The second-order valence-corrected chi connectivity index (χ2v) is 7.30. The molecule has 0 aliphatic carbocycles. The maximum absolute atomic E-state index is 12.5. The summed E-state index contributed by atoms with van der Waals surface area (Å²) in [6.45, 7) is 5.29. The third-order valence-corrected chi connectivity index (χ3v) is 5.22. The molecule has 1 atom stereocenters. The number of nitrogens with one attached hydrogen (secondary N) is 1. The zero-order valence-corrected chi connectivity index (χ0v) is 16.6. The van der Waals surface area contributed by atoms with Gasteiger partial charge in [-0.2, -0.15) is 0 Å². The van der Waals surface area contributed by atoms with Crippen molar-refractivity contribution in [3.63, 3.8) is 0 Å². The van der Waals surface area contributed by atoms with E-state index in [2.05, 4.69) is 5.32 Å². The van der Waals surface area contributed by atoms with Crippen molar-refractivity contribution in [2.24, 2.45) is 5.92 Å². The Morgan fingerprint density at radius 3 is 2.72 bits per heavy atom. The predicted molar refractivity (Wildman–Crippen MR) is 107 cm³/mol. The molecule has 2 aromatic rings. The van der Waals surface area contributed by atoms with Gasteiger partial charge in [-0.05, 0) is 37.1 Å². The minimum absolute atomic E-state index is 0.0733. The van der Waals surface area contributed by atoms with Gasteiger partial charge in [0.25, 0.3) is 0 Å². The average Bonchev–Trinajstić information content (AvgIpc) is 3.32. The molecule has 0 bridgehead atoms. The number of para-hydroxylation sites is 1. The van der Waals surface area contributed by atoms with Crippen LogP contribution in [0.25, 0.3) is 0 Å². The first-order chi connectivity index (χ1) is 14.0. The van der Waals surface area contributed by atoms with Crippen molar-refractivity contribution in [3.05, 3.63) is 47.5 Å². The number of ether oxygens (including phenoxy) is 3. The van der Waals surface area contributed by atoms with Gasteiger partial charge in [-0.3, -0.25) is 9.59 Å². The molecule has 7 nitrogen and oxygen atoms in total. The van der Waals surface area contributed by atoms with Crippen LogP contribution in [0.15, 0.2) is 36.4 Å². The van der Waals surface area contributed by atoms with E-state index in [4.69, 9.17) is 14.2 Å². The molecule has 0 aromatic heterocycles. The van der Waals surface area contributed by atoms with E-state index in [0.717, 1.165) is 16.9 Å². The SMILES string of the molecule is Cc1cccc(C)c1OCCNC(=O)C1CC(=O)N(c2ccc3c(c2)OCO3)C1. The lowest BCUT2D eigenvalue weighted by Gasteiger charge is -2.17. The van der Waals surface area contributed by atoms with Crippen molar-refractivity contribution < 1.29 is 23.8 Å². The summed E-state index contributed by atoms with van der Waals surface area (Å²) < 4.78 is 16.5. The third kappa shape index (κ3) is 3.99. The van der Waals surface area contributed by atoms with Crippen LogP contribution in [0, 0.1) is 19.8 Å². The maximum Gasteiger partial charge on any atom is 0.231 e. The summed E-state index contributed by atoms with van der Waals surface area (Å²) in [5.74, 6) is 1.55. The van der Waals surface area contributed by atoms with Gasteiger partial charge < -0.3 is 24.4 Å². The minimum atomic E-state index is -0.381. The highest BCUT2D eigenvalue weighted by Gasteiger charge is 2.35. The second kappa shape index (κ2) is 8.03. The number of carbonyl (C=O) groups excluding carboxylic acids is 2. The van der Waals surface area contributed by atoms with Crippen molar-refractivity contribution in [2.45, 2.75) is 20.3 Å². The average molecular weight is 396 g/mol. The standard InChI is InChI=1S/C22H24N2O5/c1-14-4-3-5-15(2)21(14)27-9-8-23-22(26)16-10-20(25)24(12-16)17-6-7-18-19(11-17)29-13-28-18/h3-7,11,16H,8-10,12-13H2,1-2H3,(H,23,26). The van der Waals surface area contributed by atoms with E-state index in [1.54, 1.807) is 17.0 Å². The first-order valence-electron chi connectivity index (χ1n) is 9.69. The van der Waals surface area contributed by atoms with Gasteiger partial charge in [-0.15, -0.1) is 0 Å². The summed E-state index contributed by atoms with van der Waals surface area (Å²) in [6, 6.07) is 11.3. The van der Waals surface area contributed by atoms with Gasteiger partial charge in [-0.25, -0.2) is 0 Å². The Hall–Kier alpha value is -3.22. The van der Waals surface area contributed by atoms with Crippen LogP contribution in [0.4, 0.5) is 5.69 Å². The van der Waals surface area contributed by atoms with Gasteiger partial charge in [0.15, 0.2) is 11.5 Å². The molecule has 1 saturated heterocycles. The van der Waals surface area contributed by atoms with E-state index in [0.29, 0.717) is 36.9 Å². The highest BCUT2D eigenvalue weighted by Crippen LogP contribution is 2.37. The van der Waals surface area contributed by atoms with E-state index in [1.807, 2.05) is 38.1 Å². The van der Waals surface area contributed by atoms with Gasteiger partial charge >= 0.3 is 0 Å². The first kappa shape index (κ1) is 19.1. The molecule has 2 amide bonds. The smallest absolute Gasteiger partial charge is 0.231 e. The Kier molecular flexibility index (Phi) is 5.29. The van der Waals surface area contributed by atoms with Crippen LogP contribution in [0.3, 0.4) is 0 Å². The van der Waals surface area contributed by atoms with E-state index < -0.39 is 0 Å². The quantitative estimate of drug-likeness (QED) is 0.760. The molecule has 152 valence electrons. The Morgan fingerprint density at radius 2 is 1.93 bits per heavy atom. The number of fused-ring (bicyclic) bond motifs is 1. The summed E-state index contributed by atoms with van der Waals surface area (Å²) in [6.07, 6.45) is 0.192. The zero-order chi connectivity index (χ0) is 20.4. The fourth-order valence-corrected chi connectivity index (χ4v) is 3.68. The maximum atomic E-state index is 12.5. The van der Waals surface area contributed by atoms with Crippen LogP contribution >= 0.6 is 0 Å². The molecule has 0 radical (unpaired) electrons. The predicted octanol–water partition coefficient (Wildman–Crippen LogP) is 2.58.